The van der Waals surface area contributed by atoms with Crippen LogP contribution in [0.5, 0.6) is 0 Å². The smallest absolute Gasteiger partial charge is 0.0526 e. The van der Waals surface area contributed by atoms with E-state index >= 15 is 0 Å². The van der Waals surface area contributed by atoms with E-state index in [-0.39, 0.29) is 0 Å². The van der Waals surface area contributed by atoms with Gasteiger partial charge in [0.1, 0.15) is 0 Å². The van der Waals surface area contributed by atoms with Gasteiger partial charge in [-0.25, -0.2) is 0 Å². The van der Waals surface area contributed by atoms with E-state index in [1.165, 1.54) is 44.9 Å². The maximum atomic E-state index is 5.75. The highest BCUT2D eigenvalue weighted by atomic mass is 16.5. The second-order valence-corrected chi connectivity index (χ2v) is 7.78. The van der Waals surface area contributed by atoms with Gasteiger partial charge in [-0.3, -0.25) is 0 Å². The van der Waals surface area contributed by atoms with Crippen LogP contribution in [0.25, 0.3) is 0 Å². The van der Waals surface area contributed by atoms with Crippen molar-refractivity contribution in [1.82, 2.24) is 0 Å². The molecule has 0 spiro atoms. The predicted molar refractivity (Wildman–Crippen MR) is 107 cm³/mol. The summed E-state index contributed by atoms with van der Waals surface area (Å²) in [6.07, 6.45) is 14.5. The molecule has 0 N–H and O–H groups in total. The zero-order chi connectivity index (χ0) is 18.0. The summed E-state index contributed by atoms with van der Waals surface area (Å²) in [6, 6.07) is 0. The quantitative estimate of drug-likeness (QED) is 0.218. The molecule has 0 aliphatic heterocycles. The fourth-order valence-corrected chi connectivity index (χ4v) is 2.56. The molecule has 0 aromatic carbocycles. The normalized spacial score (nSPS) is 14.6. The maximum absolute atomic E-state index is 5.75. The Bertz CT molecular complexity index is 273. The van der Waals surface area contributed by atoms with Crippen molar-refractivity contribution in [2.24, 2.45) is 17.8 Å². The van der Waals surface area contributed by atoms with E-state index in [9.17, 15) is 0 Å². The molecular formula is C22H44O2. The van der Waals surface area contributed by atoms with Crippen molar-refractivity contribution in [1.29, 1.82) is 0 Å². The first-order valence-corrected chi connectivity index (χ1v) is 10.4. The molecule has 0 bridgehead atoms. The molecule has 0 fully saturated rings. The minimum Gasteiger partial charge on any atom is -0.381 e. The molecular weight excluding hydrogens is 296 g/mol. The lowest BCUT2D eigenvalue weighted by molar-refractivity contribution is 0.112. The van der Waals surface area contributed by atoms with Gasteiger partial charge in [0, 0.05) is 13.2 Å². The number of unbranched alkanes of at least 4 members (excludes halogenated alkanes) is 2. The van der Waals surface area contributed by atoms with Crippen molar-refractivity contribution >= 4 is 0 Å². The zero-order valence-corrected chi connectivity index (χ0v) is 17.2. The van der Waals surface area contributed by atoms with Crippen LogP contribution in [0, 0.1) is 17.8 Å². The van der Waals surface area contributed by atoms with Crippen molar-refractivity contribution in [3.8, 4) is 0 Å². The molecule has 2 unspecified atom stereocenters. The van der Waals surface area contributed by atoms with E-state index in [1.54, 1.807) is 0 Å². The lowest BCUT2D eigenvalue weighted by Gasteiger charge is -2.09. The third kappa shape index (κ3) is 18.0. The van der Waals surface area contributed by atoms with E-state index in [0.29, 0.717) is 5.92 Å². The zero-order valence-electron chi connectivity index (χ0n) is 17.2. The van der Waals surface area contributed by atoms with E-state index in [0.717, 1.165) is 44.7 Å². The van der Waals surface area contributed by atoms with Crippen LogP contribution in [-0.4, -0.2) is 26.4 Å². The van der Waals surface area contributed by atoms with Gasteiger partial charge in [0.2, 0.25) is 0 Å². The summed E-state index contributed by atoms with van der Waals surface area (Å²) in [5.74, 6) is 2.19. The van der Waals surface area contributed by atoms with E-state index in [1.807, 2.05) is 0 Å². The van der Waals surface area contributed by atoms with Crippen LogP contribution >= 0.6 is 0 Å². The molecule has 2 atom stereocenters. The largest absolute Gasteiger partial charge is 0.381 e. The highest BCUT2D eigenvalue weighted by Gasteiger charge is 1.99. The van der Waals surface area contributed by atoms with Gasteiger partial charge in [-0.2, -0.15) is 0 Å². The Morgan fingerprint density at radius 3 is 2.12 bits per heavy atom. The van der Waals surface area contributed by atoms with Crippen molar-refractivity contribution in [2.45, 2.75) is 86.0 Å². The van der Waals surface area contributed by atoms with Crippen molar-refractivity contribution < 1.29 is 9.47 Å². The van der Waals surface area contributed by atoms with Gasteiger partial charge in [0.15, 0.2) is 0 Å². The molecule has 0 rings (SSSR count). The monoisotopic (exact) mass is 340 g/mol. The minimum atomic E-state index is 0.505. The highest BCUT2D eigenvalue weighted by molar-refractivity contribution is 4.86. The second-order valence-electron chi connectivity index (χ2n) is 7.78. The topological polar surface area (TPSA) is 18.5 Å². The SMILES string of the molecule is CCC(C)CCCCOCCC=CC(C)COCCCCC(C)C. The molecule has 2 heteroatoms. The lowest BCUT2D eigenvalue weighted by atomic mass is 10.0. The van der Waals surface area contributed by atoms with Gasteiger partial charge >= 0.3 is 0 Å². The Balaban J connectivity index is 3.31. The molecule has 0 aromatic heterocycles. The number of ether oxygens (including phenoxy) is 2. The van der Waals surface area contributed by atoms with Gasteiger partial charge in [-0.1, -0.05) is 78.9 Å². The fraction of sp³-hybridized carbons (Fsp3) is 0.909. The van der Waals surface area contributed by atoms with Gasteiger partial charge in [0.05, 0.1) is 13.2 Å². The van der Waals surface area contributed by atoms with Crippen LogP contribution in [0.3, 0.4) is 0 Å². The molecule has 0 saturated carbocycles. The molecule has 0 aromatic rings. The number of hydrogen-bond acceptors (Lipinski definition) is 2. The first kappa shape index (κ1) is 23.7. The van der Waals surface area contributed by atoms with Crippen LogP contribution in [-0.2, 0) is 9.47 Å². The molecule has 0 aliphatic carbocycles. The van der Waals surface area contributed by atoms with E-state index in [4.69, 9.17) is 9.47 Å². The maximum Gasteiger partial charge on any atom is 0.0526 e. The van der Waals surface area contributed by atoms with Crippen LogP contribution < -0.4 is 0 Å². The standard InChI is InChI=1S/C22H44O2/c1-6-21(4)14-8-11-16-23-17-12-9-15-22(5)19-24-18-10-7-13-20(2)3/h9,15,20-22H,6-8,10-14,16-19H2,1-5H3. The van der Waals surface area contributed by atoms with Gasteiger partial charge in [-0.05, 0) is 37.0 Å². The Morgan fingerprint density at radius 1 is 0.792 bits per heavy atom. The Labute approximate surface area is 152 Å². The number of hydrogen-bond donors (Lipinski definition) is 0. The molecule has 0 saturated heterocycles. The number of rotatable bonds is 17. The summed E-state index contributed by atoms with van der Waals surface area (Å²) in [4.78, 5) is 0. The molecule has 0 amide bonds. The summed E-state index contributed by atoms with van der Waals surface area (Å²) in [5, 5.41) is 0. The van der Waals surface area contributed by atoms with Crippen LogP contribution in [0.1, 0.15) is 86.0 Å². The van der Waals surface area contributed by atoms with Crippen LogP contribution in [0.4, 0.5) is 0 Å². The van der Waals surface area contributed by atoms with E-state index in [2.05, 4.69) is 46.8 Å². The first-order valence-electron chi connectivity index (χ1n) is 10.4. The molecule has 0 radical (unpaired) electrons. The predicted octanol–water partition coefficient (Wildman–Crippen LogP) is 6.64. The molecule has 0 aliphatic rings. The summed E-state index contributed by atoms with van der Waals surface area (Å²) < 4.78 is 11.4. The second kappa shape index (κ2) is 17.5. The Kier molecular flexibility index (Phi) is 17.2. The first-order chi connectivity index (χ1) is 11.6. The fourth-order valence-electron chi connectivity index (χ4n) is 2.56. The summed E-state index contributed by atoms with van der Waals surface area (Å²) in [6.45, 7) is 14.9. The average molecular weight is 341 g/mol. The molecule has 0 heterocycles. The molecule has 24 heavy (non-hydrogen) atoms. The Morgan fingerprint density at radius 2 is 1.46 bits per heavy atom. The van der Waals surface area contributed by atoms with Crippen LogP contribution in [0.2, 0.25) is 0 Å². The van der Waals surface area contributed by atoms with Gasteiger partial charge < -0.3 is 9.47 Å². The van der Waals surface area contributed by atoms with Crippen LogP contribution in [0.15, 0.2) is 12.2 Å². The van der Waals surface area contributed by atoms with Crippen molar-refractivity contribution in [3.05, 3.63) is 12.2 Å². The highest BCUT2D eigenvalue weighted by Crippen LogP contribution is 2.11. The molecule has 144 valence electrons. The van der Waals surface area contributed by atoms with Crippen molar-refractivity contribution in [3.63, 3.8) is 0 Å². The third-order valence-electron chi connectivity index (χ3n) is 4.53. The summed E-state index contributed by atoms with van der Waals surface area (Å²) >= 11 is 0. The van der Waals surface area contributed by atoms with E-state index < -0.39 is 0 Å². The summed E-state index contributed by atoms with van der Waals surface area (Å²) in [7, 11) is 0. The minimum absolute atomic E-state index is 0.505. The Hall–Kier alpha value is -0.340. The molecule has 2 nitrogen and oxygen atoms in total. The van der Waals surface area contributed by atoms with Gasteiger partial charge in [-0.15, -0.1) is 0 Å². The van der Waals surface area contributed by atoms with Gasteiger partial charge in [0.25, 0.3) is 0 Å². The summed E-state index contributed by atoms with van der Waals surface area (Å²) in [5.41, 5.74) is 0. The average Bonchev–Trinajstić information content (AvgIpc) is 2.55. The third-order valence-corrected chi connectivity index (χ3v) is 4.53. The van der Waals surface area contributed by atoms with Crippen molar-refractivity contribution in [2.75, 3.05) is 26.4 Å². The lowest BCUT2D eigenvalue weighted by Crippen LogP contribution is -2.05.